The van der Waals surface area contributed by atoms with Crippen LogP contribution in [0.5, 0.6) is 0 Å². The van der Waals surface area contributed by atoms with E-state index in [0.717, 1.165) is 6.42 Å². The van der Waals surface area contributed by atoms with Crippen molar-refractivity contribution in [2.45, 2.75) is 104 Å². The highest BCUT2D eigenvalue weighted by molar-refractivity contribution is 7.99. The van der Waals surface area contributed by atoms with Crippen molar-refractivity contribution in [3.63, 3.8) is 0 Å². The molecule has 0 radical (unpaired) electrons. The molecular formula is C20H40SSi. The van der Waals surface area contributed by atoms with Gasteiger partial charge in [0.1, 0.15) is 8.07 Å². The maximum Gasteiger partial charge on any atom is 0.132 e. The summed E-state index contributed by atoms with van der Waals surface area (Å²) in [6, 6.07) is 1.29. The first kappa shape index (κ1) is 22.1. The Balaban J connectivity index is 3.18. The Hall–Kier alpha value is 0.127. The molecule has 0 saturated carbocycles. The summed E-state index contributed by atoms with van der Waals surface area (Å²) in [5.41, 5.74) is 3.54. The Morgan fingerprint density at radius 1 is 0.727 bits per heavy atom. The van der Waals surface area contributed by atoms with Crippen LogP contribution in [0.15, 0.2) is 0 Å². The van der Waals surface area contributed by atoms with Gasteiger partial charge in [0.15, 0.2) is 0 Å². The molecule has 0 spiro atoms. The fraction of sp³-hybridized carbons (Fsp3) is 0.900. The fourth-order valence-corrected chi connectivity index (χ4v) is 3.84. The summed E-state index contributed by atoms with van der Waals surface area (Å²) in [7, 11) is -1.14. The van der Waals surface area contributed by atoms with Gasteiger partial charge in [-0.05, 0) is 30.4 Å². The van der Waals surface area contributed by atoms with Crippen molar-refractivity contribution < 1.29 is 0 Å². The van der Waals surface area contributed by atoms with Crippen molar-refractivity contribution in [1.82, 2.24) is 0 Å². The van der Waals surface area contributed by atoms with Crippen molar-refractivity contribution >= 4 is 19.8 Å². The Labute approximate surface area is 146 Å². The minimum atomic E-state index is -1.14. The van der Waals surface area contributed by atoms with Gasteiger partial charge in [0.2, 0.25) is 0 Å². The van der Waals surface area contributed by atoms with E-state index in [9.17, 15) is 0 Å². The quantitative estimate of drug-likeness (QED) is 0.181. The van der Waals surface area contributed by atoms with Gasteiger partial charge < -0.3 is 0 Å². The summed E-state index contributed by atoms with van der Waals surface area (Å²) in [5, 5.41) is 0. The van der Waals surface area contributed by atoms with E-state index < -0.39 is 8.07 Å². The van der Waals surface area contributed by atoms with Crippen LogP contribution >= 0.6 is 11.8 Å². The van der Waals surface area contributed by atoms with E-state index in [-0.39, 0.29) is 0 Å². The summed E-state index contributed by atoms with van der Waals surface area (Å²) in [6.45, 7) is 9.29. The average Bonchev–Trinajstić information content (AvgIpc) is 2.51. The highest BCUT2D eigenvalue weighted by Gasteiger charge is 2.13. The minimum Gasteiger partial charge on any atom is -0.162 e. The first-order chi connectivity index (χ1) is 10.6. The van der Waals surface area contributed by atoms with Crippen LogP contribution in [0, 0.1) is 11.5 Å². The number of rotatable bonds is 14. The summed E-state index contributed by atoms with van der Waals surface area (Å²) in [4.78, 5) is 0. The molecule has 0 N–H and O–H groups in total. The molecule has 0 fully saturated rings. The Morgan fingerprint density at radius 2 is 1.23 bits per heavy atom. The van der Waals surface area contributed by atoms with E-state index in [4.69, 9.17) is 0 Å². The molecule has 0 amide bonds. The SMILES string of the molecule is CCSCCCCCCCCCCCCC#C[Si](C)(C)CC. The monoisotopic (exact) mass is 340 g/mol. The molecule has 22 heavy (non-hydrogen) atoms. The van der Waals surface area contributed by atoms with Crippen LogP contribution in [0.4, 0.5) is 0 Å². The van der Waals surface area contributed by atoms with Crippen molar-refractivity contribution in [2.24, 2.45) is 0 Å². The minimum absolute atomic E-state index is 1.13. The molecule has 0 aliphatic heterocycles. The van der Waals surface area contributed by atoms with Crippen molar-refractivity contribution in [3.8, 4) is 11.5 Å². The summed E-state index contributed by atoms with van der Waals surface area (Å²) >= 11 is 2.09. The van der Waals surface area contributed by atoms with Crippen molar-refractivity contribution in [1.29, 1.82) is 0 Å². The van der Waals surface area contributed by atoms with Crippen LogP contribution < -0.4 is 0 Å². The molecule has 130 valence electrons. The molecule has 0 aliphatic rings. The summed E-state index contributed by atoms with van der Waals surface area (Å²) in [5.74, 6) is 6.08. The van der Waals surface area contributed by atoms with Gasteiger partial charge in [-0.3, -0.25) is 0 Å². The molecule has 0 atom stereocenters. The zero-order valence-electron chi connectivity index (χ0n) is 15.8. The highest BCUT2D eigenvalue weighted by Crippen LogP contribution is 2.13. The van der Waals surface area contributed by atoms with Crippen LogP contribution in [0.3, 0.4) is 0 Å². The normalized spacial score (nSPS) is 11.3. The third-order valence-electron chi connectivity index (χ3n) is 4.36. The lowest BCUT2D eigenvalue weighted by Gasteiger charge is -2.09. The van der Waals surface area contributed by atoms with E-state index in [1.807, 2.05) is 0 Å². The Morgan fingerprint density at radius 3 is 1.73 bits per heavy atom. The smallest absolute Gasteiger partial charge is 0.132 e. The van der Waals surface area contributed by atoms with Crippen LogP contribution in [0.2, 0.25) is 19.1 Å². The lowest BCUT2D eigenvalue weighted by Crippen LogP contribution is -2.21. The van der Waals surface area contributed by atoms with Gasteiger partial charge in [-0.25, -0.2) is 0 Å². The highest BCUT2D eigenvalue weighted by atomic mass is 32.2. The lowest BCUT2D eigenvalue weighted by atomic mass is 10.1. The van der Waals surface area contributed by atoms with E-state index >= 15 is 0 Å². The van der Waals surface area contributed by atoms with Crippen LogP contribution in [0.1, 0.15) is 84.5 Å². The zero-order valence-corrected chi connectivity index (χ0v) is 17.6. The molecule has 0 rings (SSSR count). The van der Waals surface area contributed by atoms with Gasteiger partial charge in [-0.15, -0.1) is 11.5 Å². The third kappa shape index (κ3) is 16.5. The average molecular weight is 341 g/mol. The first-order valence-corrected chi connectivity index (χ1v) is 14.1. The summed E-state index contributed by atoms with van der Waals surface area (Å²) < 4.78 is 0. The van der Waals surface area contributed by atoms with E-state index in [1.54, 1.807) is 0 Å². The number of unbranched alkanes of at least 4 members (excludes halogenated alkanes) is 10. The van der Waals surface area contributed by atoms with Crippen molar-refractivity contribution in [3.05, 3.63) is 0 Å². The Kier molecular flexibility index (Phi) is 16.1. The molecule has 0 aromatic heterocycles. The van der Waals surface area contributed by atoms with Crippen LogP contribution in [0.25, 0.3) is 0 Å². The maximum absolute atomic E-state index is 3.54. The topological polar surface area (TPSA) is 0 Å². The van der Waals surface area contributed by atoms with Crippen LogP contribution in [-0.2, 0) is 0 Å². The molecule has 2 heteroatoms. The second-order valence-corrected chi connectivity index (χ2v) is 13.1. The molecule has 0 heterocycles. The third-order valence-corrected chi connectivity index (χ3v) is 7.96. The maximum atomic E-state index is 3.54. The van der Waals surface area contributed by atoms with E-state index in [0.29, 0.717) is 0 Å². The van der Waals surface area contributed by atoms with Gasteiger partial charge in [0.05, 0.1) is 0 Å². The van der Waals surface area contributed by atoms with Gasteiger partial charge in [0.25, 0.3) is 0 Å². The van der Waals surface area contributed by atoms with Gasteiger partial charge in [-0.1, -0.05) is 78.3 Å². The largest absolute Gasteiger partial charge is 0.162 e. The van der Waals surface area contributed by atoms with Crippen molar-refractivity contribution in [2.75, 3.05) is 11.5 Å². The molecule has 0 bridgehead atoms. The standard InChI is InChI=1S/C20H40SSi/c1-5-21-19-17-15-13-11-9-7-8-10-12-14-16-18-20-22(3,4)6-2/h5-17,19H2,1-4H3. The van der Waals surface area contributed by atoms with E-state index in [1.165, 1.54) is 81.8 Å². The van der Waals surface area contributed by atoms with Gasteiger partial charge in [0, 0.05) is 6.42 Å². The molecule has 0 aromatic carbocycles. The Bertz CT molecular complexity index is 288. The van der Waals surface area contributed by atoms with E-state index in [2.05, 4.69) is 50.2 Å². The predicted molar refractivity (Wildman–Crippen MR) is 110 cm³/mol. The molecular weight excluding hydrogens is 300 g/mol. The van der Waals surface area contributed by atoms with Gasteiger partial charge in [-0.2, -0.15) is 11.8 Å². The lowest BCUT2D eigenvalue weighted by molar-refractivity contribution is 0.559. The molecule has 0 unspecified atom stereocenters. The summed E-state index contributed by atoms with van der Waals surface area (Å²) in [6.07, 6.45) is 15.4. The number of hydrogen-bond acceptors (Lipinski definition) is 1. The van der Waals surface area contributed by atoms with Gasteiger partial charge >= 0.3 is 0 Å². The molecule has 0 saturated heterocycles. The number of hydrogen-bond donors (Lipinski definition) is 0. The predicted octanol–water partition coefficient (Wildman–Crippen LogP) is 7.30. The zero-order chi connectivity index (χ0) is 16.5. The fourth-order valence-electron chi connectivity index (χ4n) is 2.37. The molecule has 0 aliphatic carbocycles. The second-order valence-electron chi connectivity index (χ2n) is 7.02. The van der Waals surface area contributed by atoms with Crippen LogP contribution in [-0.4, -0.2) is 19.6 Å². The first-order valence-electron chi connectivity index (χ1n) is 9.70. The number of thioether (sulfide) groups is 1. The molecule has 0 aromatic rings. The molecule has 0 nitrogen and oxygen atoms in total. The second kappa shape index (κ2) is 16.0.